The largest absolute Gasteiger partial charge is 0.377 e. The Hall–Kier alpha value is -0.750. The first kappa shape index (κ1) is 12.7. The summed E-state index contributed by atoms with van der Waals surface area (Å²) in [6, 6.07) is -0.605. The van der Waals surface area contributed by atoms with Crippen LogP contribution in [0.5, 0.6) is 0 Å². The Morgan fingerprint density at radius 1 is 1.47 bits per heavy atom. The lowest BCUT2D eigenvalue weighted by Crippen LogP contribution is -2.55. The van der Waals surface area contributed by atoms with Crippen molar-refractivity contribution in [3.8, 4) is 0 Å². The third-order valence-electron chi connectivity index (χ3n) is 3.60. The molecule has 17 heavy (non-hydrogen) atoms. The molecule has 1 saturated heterocycles. The minimum Gasteiger partial charge on any atom is -0.377 e. The highest BCUT2D eigenvalue weighted by atomic mass is 32.1. The molecule has 0 radical (unpaired) electrons. The first-order chi connectivity index (χ1) is 8.08. The van der Waals surface area contributed by atoms with Crippen LogP contribution in [0, 0.1) is 5.41 Å². The fourth-order valence-electron chi connectivity index (χ4n) is 2.13. The molecule has 0 aromatic heterocycles. The van der Waals surface area contributed by atoms with Crippen molar-refractivity contribution in [2.75, 3.05) is 25.5 Å². The maximum absolute atomic E-state index is 12.2. The Morgan fingerprint density at radius 3 is 2.71 bits per heavy atom. The van der Waals surface area contributed by atoms with Gasteiger partial charge in [-0.3, -0.25) is 9.59 Å². The molecule has 2 rings (SSSR count). The smallest absolute Gasteiger partial charge is 0.242 e. The SMILES string of the molecule is NC(=O)C1COCCN1C(=O)CC1(CS)CC1. The van der Waals surface area contributed by atoms with E-state index < -0.39 is 11.9 Å². The number of ether oxygens (including phenoxy) is 1. The van der Waals surface area contributed by atoms with Gasteiger partial charge in [-0.25, -0.2) is 0 Å². The zero-order valence-electron chi connectivity index (χ0n) is 9.72. The highest BCUT2D eigenvalue weighted by molar-refractivity contribution is 7.80. The van der Waals surface area contributed by atoms with Crippen LogP contribution in [-0.4, -0.2) is 48.3 Å². The minimum atomic E-state index is -0.605. The second-order valence-electron chi connectivity index (χ2n) is 4.92. The third-order valence-corrected chi connectivity index (χ3v) is 4.27. The molecule has 1 aliphatic carbocycles. The van der Waals surface area contributed by atoms with Crippen LogP contribution >= 0.6 is 12.6 Å². The molecular weight excluding hydrogens is 240 g/mol. The number of carbonyl (C=O) groups is 2. The predicted molar refractivity (Wildman–Crippen MR) is 65.7 cm³/mol. The standard InChI is InChI=1S/C11H18N2O3S/c12-10(15)8-6-16-4-3-13(8)9(14)5-11(7-17)1-2-11/h8,17H,1-7H2,(H2,12,15). The molecule has 0 bridgehead atoms. The summed E-state index contributed by atoms with van der Waals surface area (Å²) in [5, 5.41) is 0. The van der Waals surface area contributed by atoms with Crippen molar-refractivity contribution in [3.05, 3.63) is 0 Å². The van der Waals surface area contributed by atoms with Crippen LogP contribution in [0.1, 0.15) is 19.3 Å². The number of primary amides is 1. The van der Waals surface area contributed by atoms with Crippen LogP contribution in [-0.2, 0) is 14.3 Å². The van der Waals surface area contributed by atoms with Gasteiger partial charge in [-0.05, 0) is 24.0 Å². The van der Waals surface area contributed by atoms with Gasteiger partial charge in [0.05, 0.1) is 13.2 Å². The van der Waals surface area contributed by atoms with E-state index in [1.54, 1.807) is 4.90 Å². The summed E-state index contributed by atoms with van der Waals surface area (Å²) in [6.45, 7) is 1.15. The van der Waals surface area contributed by atoms with E-state index in [2.05, 4.69) is 12.6 Å². The van der Waals surface area contributed by atoms with Gasteiger partial charge in [-0.15, -0.1) is 0 Å². The van der Waals surface area contributed by atoms with E-state index in [0.717, 1.165) is 18.6 Å². The molecule has 96 valence electrons. The van der Waals surface area contributed by atoms with E-state index in [-0.39, 0.29) is 17.9 Å². The molecule has 0 aromatic carbocycles. The average Bonchev–Trinajstić information content (AvgIpc) is 3.09. The molecule has 1 heterocycles. The molecule has 0 aromatic rings. The highest BCUT2D eigenvalue weighted by Gasteiger charge is 2.45. The highest BCUT2D eigenvalue weighted by Crippen LogP contribution is 2.49. The van der Waals surface area contributed by atoms with E-state index in [1.165, 1.54) is 0 Å². The topological polar surface area (TPSA) is 72.6 Å². The van der Waals surface area contributed by atoms with Crippen LogP contribution in [0.4, 0.5) is 0 Å². The molecule has 1 aliphatic heterocycles. The monoisotopic (exact) mass is 258 g/mol. The number of amides is 2. The molecular formula is C11H18N2O3S. The normalized spacial score (nSPS) is 26.6. The van der Waals surface area contributed by atoms with Crippen molar-refractivity contribution in [3.63, 3.8) is 0 Å². The lowest BCUT2D eigenvalue weighted by Gasteiger charge is -2.34. The summed E-state index contributed by atoms with van der Waals surface area (Å²) in [7, 11) is 0. The molecule has 1 saturated carbocycles. The molecule has 1 unspecified atom stereocenters. The van der Waals surface area contributed by atoms with E-state index in [4.69, 9.17) is 10.5 Å². The van der Waals surface area contributed by atoms with E-state index in [9.17, 15) is 9.59 Å². The fourth-order valence-corrected chi connectivity index (χ4v) is 2.56. The average molecular weight is 258 g/mol. The summed E-state index contributed by atoms with van der Waals surface area (Å²) in [4.78, 5) is 25.0. The number of rotatable bonds is 4. The van der Waals surface area contributed by atoms with Crippen LogP contribution in [0.2, 0.25) is 0 Å². The Morgan fingerprint density at radius 2 is 2.18 bits per heavy atom. The quantitative estimate of drug-likeness (QED) is 0.686. The van der Waals surface area contributed by atoms with Crippen molar-refractivity contribution >= 4 is 24.4 Å². The lowest BCUT2D eigenvalue weighted by molar-refractivity contribution is -0.148. The molecule has 2 amide bonds. The van der Waals surface area contributed by atoms with Crippen LogP contribution in [0.25, 0.3) is 0 Å². The molecule has 1 atom stereocenters. The van der Waals surface area contributed by atoms with Crippen LogP contribution < -0.4 is 5.73 Å². The first-order valence-corrected chi connectivity index (χ1v) is 6.49. The van der Waals surface area contributed by atoms with Crippen LogP contribution in [0.3, 0.4) is 0 Å². The maximum Gasteiger partial charge on any atom is 0.242 e. The van der Waals surface area contributed by atoms with Gasteiger partial charge < -0.3 is 15.4 Å². The molecule has 2 fully saturated rings. The molecule has 0 spiro atoms. The predicted octanol–water partition coefficient (Wildman–Crippen LogP) is -0.201. The van der Waals surface area contributed by atoms with Crippen molar-refractivity contribution in [1.82, 2.24) is 4.90 Å². The summed E-state index contributed by atoms with van der Waals surface area (Å²) in [5.74, 6) is 0.238. The third kappa shape index (κ3) is 2.74. The maximum atomic E-state index is 12.2. The van der Waals surface area contributed by atoms with E-state index >= 15 is 0 Å². The summed E-state index contributed by atoms with van der Waals surface area (Å²) in [6.07, 6.45) is 2.57. The zero-order valence-corrected chi connectivity index (χ0v) is 10.6. The Bertz CT molecular complexity index is 331. The van der Waals surface area contributed by atoms with E-state index in [1.807, 2.05) is 0 Å². The van der Waals surface area contributed by atoms with E-state index in [0.29, 0.717) is 19.6 Å². The Labute approximate surface area is 106 Å². The van der Waals surface area contributed by atoms with Crippen molar-refractivity contribution in [2.45, 2.75) is 25.3 Å². The number of nitrogens with two attached hydrogens (primary N) is 1. The Balaban J connectivity index is 1.99. The van der Waals surface area contributed by atoms with Gasteiger partial charge in [0.15, 0.2) is 0 Å². The minimum absolute atomic E-state index is 0.00338. The summed E-state index contributed by atoms with van der Waals surface area (Å²) < 4.78 is 5.19. The Kier molecular flexibility index (Phi) is 3.63. The van der Waals surface area contributed by atoms with Gasteiger partial charge in [-0.1, -0.05) is 0 Å². The summed E-state index contributed by atoms with van der Waals surface area (Å²) >= 11 is 4.28. The van der Waals surface area contributed by atoms with Gasteiger partial charge in [-0.2, -0.15) is 12.6 Å². The van der Waals surface area contributed by atoms with Gasteiger partial charge in [0.25, 0.3) is 0 Å². The van der Waals surface area contributed by atoms with Gasteiger partial charge in [0.1, 0.15) is 6.04 Å². The number of thiol groups is 1. The number of carbonyl (C=O) groups excluding carboxylic acids is 2. The van der Waals surface area contributed by atoms with Gasteiger partial charge >= 0.3 is 0 Å². The number of nitrogens with zero attached hydrogens (tertiary/aromatic N) is 1. The van der Waals surface area contributed by atoms with Gasteiger partial charge in [0, 0.05) is 13.0 Å². The molecule has 5 nitrogen and oxygen atoms in total. The summed E-state index contributed by atoms with van der Waals surface area (Å²) in [5.41, 5.74) is 5.35. The number of morpholine rings is 1. The molecule has 2 N–H and O–H groups in total. The fraction of sp³-hybridized carbons (Fsp3) is 0.818. The van der Waals surface area contributed by atoms with Gasteiger partial charge in [0.2, 0.25) is 11.8 Å². The number of hydrogen-bond acceptors (Lipinski definition) is 4. The number of hydrogen-bond donors (Lipinski definition) is 2. The van der Waals surface area contributed by atoms with Crippen molar-refractivity contribution in [2.24, 2.45) is 11.1 Å². The zero-order chi connectivity index (χ0) is 12.5. The first-order valence-electron chi connectivity index (χ1n) is 5.85. The molecule has 6 heteroatoms. The van der Waals surface area contributed by atoms with Crippen LogP contribution in [0.15, 0.2) is 0 Å². The lowest BCUT2D eigenvalue weighted by atomic mass is 10.0. The second kappa shape index (κ2) is 4.86. The van der Waals surface area contributed by atoms with Crippen molar-refractivity contribution < 1.29 is 14.3 Å². The van der Waals surface area contributed by atoms with Crippen molar-refractivity contribution in [1.29, 1.82) is 0 Å². The second-order valence-corrected chi connectivity index (χ2v) is 5.23. The molecule has 2 aliphatic rings.